The Morgan fingerprint density at radius 1 is 1.20 bits per heavy atom. The van der Waals surface area contributed by atoms with E-state index in [-0.39, 0.29) is 5.78 Å². The lowest BCUT2D eigenvalue weighted by molar-refractivity contribution is 0.102. The topological polar surface area (TPSA) is 17.1 Å². The summed E-state index contributed by atoms with van der Waals surface area (Å²) in [4.78, 5) is 13.3. The van der Waals surface area contributed by atoms with Gasteiger partial charge in [-0.05, 0) is 54.3 Å². The highest BCUT2D eigenvalue weighted by Crippen LogP contribution is 2.21. The first-order valence-corrected chi connectivity index (χ1v) is 6.53. The van der Waals surface area contributed by atoms with E-state index in [1.807, 2.05) is 6.07 Å². The molecular formula is C12H12OS2. The van der Waals surface area contributed by atoms with Gasteiger partial charge in [-0.25, -0.2) is 0 Å². The first kappa shape index (κ1) is 10.6. The molecule has 0 saturated heterocycles. The van der Waals surface area contributed by atoms with Crippen LogP contribution in [0.4, 0.5) is 0 Å². The fourth-order valence-corrected chi connectivity index (χ4v) is 3.00. The lowest BCUT2D eigenvalue weighted by Gasteiger charge is -1.92. The van der Waals surface area contributed by atoms with Crippen LogP contribution in [0.25, 0.3) is 0 Å². The second-order valence-corrected chi connectivity index (χ2v) is 5.64. The predicted octanol–water partition coefficient (Wildman–Crippen LogP) is 3.91. The van der Waals surface area contributed by atoms with Gasteiger partial charge in [0.1, 0.15) is 0 Å². The summed E-state index contributed by atoms with van der Waals surface area (Å²) in [6.07, 6.45) is 0.939. The fourth-order valence-electron chi connectivity index (χ4n) is 1.48. The molecule has 3 heteroatoms. The summed E-state index contributed by atoms with van der Waals surface area (Å²) in [5.74, 6) is 0.160. The standard InChI is InChI=1S/C12H12OS2/c1-8-3-10(6-14-8)4-11-5-12(9(2)13)15-7-11/h3,5-7H,4H2,1-2H3. The van der Waals surface area contributed by atoms with E-state index in [1.165, 1.54) is 27.3 Å². The first-order chi connectivity index (χ1) is 7.15. The predicted molar refractivity (Wildman–Crippen MR) is 66.2 cm³/mol. The summed E-state index contributed by atoms with van der Waals surface area (Å²) >= 11 is 3.31. The molecule has 0 saturated carbocycles. The van der Waals surface area contributed by atoms with Crippen LogP contribution in [-0.2, 0) is 6.42 Å². The van der Waals surface area contributed by atoms with Gasteiger partial charge in [-0.1, -0.05) is 0 Å². The number of ketones is 1. The molecule has 2 aromatic rings. The fraction of sp³-hybridized carbons (Fsp3) is 0.250. The maximum atomic E-state index is 11.1. The van der Waals surface area contributed by atoms with Gasteiger partial charge in [0.2, 0.25) is 0 Å². The number of hydrogen-bond donors (Lipinski definition) is 0. The number of rotatable bonds is 3. The van der Waals surface area contributed by atoms with Crippen molar-refractivity contribution in [3.8, 4) is 0 Å². The number of aryl methyl sites for hydroxylation is 1. The van der Waals surface area contributed by atoms with Crippen LogP contribution in [0.5, 0.6) is 0 Å². The zero-order chi connectivity index (χ0) is 10.8. The minimum absolute atomic E-state index is 0.160. The Morgan fingerprint density at radius 3 is 2.40 bits per heavy atom. The molecule has 0 bridgehead atoms. The molecule has 0 fully saturated rings. The van der Waals surface area contributed by atoms with Gasteiger partial charge in [0, 0.05) is 4.88 Å². The third-order valence-corrected chi connectivity index (χ3v) is 4.18. The molecule has 0 atom stereocenters. The van der Waals surface area contributed by atoms with Gasteiger partial charge in [-0.2, -0.15) is 0 Å². The Hall–Kier alpha value is -0.930. The van der Waals surface area contributed by atoms with Crippen molar-refractivity contribution in [2.75, 3.05) is 0 Å². The van der Waals surface area contributed by atoms with Gasteiger partial charge in [-0.15, -0.1) is 22.7 Å². The molecule has 0 amide bonds. The van der Waals surface area contributed by atoms with Gasteiger partial charge in [-0.3, -0.25) is 4.79 Å². The van der Waals surface area contributed by atoms with Gasteiger partial charge < -0.3 is 0 Å². The zero-order valence-electron chi connectivity index (χ0n) is 8.74. The number of Topliss-reactive ketones (excluding diaryl/α,β-unsaturated/α-hetero) is 1. The van der Waals surface area contributed by atoms with Crippen molar-refractivity contribution in [2.45, 2.75) is 20.3 Å². The van der Waals surface area contributed by atoms with E-state index in [0.717, 1.165) is 11.3 Å². The van der Waals surface area contributed by atoms with E-state index in [1.54, 1.807) is 18.3 Å². The maximum absolute atomic E-state index is 11.1. The minimum Gasteiger partial charge on any atom is -0.294 e. The van der Waals surface area contributed by atoms with Crippen LogP contribution in [0.15, 0.2) is 22.9 Å². The van der Waals surface area contributed by atoms with Crippen molar-refractivity contribution in [3.05, 3.63) is 43.8 Å². The third-order valence-electron chi connectivity index (χ3n) is 2.19. The normalized spacial score (nSPS) is 10.5. The lowest BCUT2D eigenvalue weighted by Crippen LogP contribution is -1.86. The first-order valence-electron chi connectivity index (χ1n) is 4.77. The van der Waals surface area contributed by atoms with Gasteiger partial charge >= 0.3 is 0 Å². The minimum atomic E-state index is 0.160. The highest BCUT2D eigenvalue weighted by molar-refractivity contribution is 7.12. The largest absolute Gasteiger partial charge is 0.294 e. The zero-order valence-corrected chi connectivity index (χ0v) is 10.4. The molecule has 0 aliphatic rings. The SMILES string of the molecule is CC(=O)c1cc(Cc2csc(C)c2)cs1. The molecule has 2 rings (SSSR count). The van der Waals surface area contributed by atoms with E-state index in [9.17, 15) is 4.79 Å². The molecule has 0 unspecified atom stereocenters. The van der Waals surface area contributed by atoms with Crippen molar-refractivity contribution in [2.24, 2.45) is 0 Å². The van der Waals surface area contributed by atoms with Crippen molar-refractivity contribution < 1.29 is 4.79 Å². The van der Waals surface area contributed by atoms with Crippen LogP contribution in [-0.4, -0.2) is 5.78 Å². The highest BCUT2D eigenvalue weighted by atomic mass is 32.1. The van der Waals surface area contributed by atoms with E-state index in [2.05, 4.69) is 23.8 Å². The highest BCUT2D eigenvalue weighted by Gasteiger charge is 2.05. The van der Waals surface area contributed by atoms with Crippen LogP contribution in [0, 0.1) is 6.92 Å². The molecule has 2 aromatic heterocycles. The van der Waals surface area contributed by atoms with Gasteiger partial charge in [0.05, 0.1) is 4.88 Å². The smallest absolute Gasteiger partial charge is 0.169 e. The van der Waals surface area contributed by atoms with Crippen molar-refractivity contribution in [1.82, 2.24) is 0 Å². The van der Waals surface area contributed by atoms with E-state index >= 15 is 0 Å². The Kier molecular flexibility index (Phi) is 3.03. The molecule has 78 valence electrons. The Bertz CT molecular complexity index is 479. The number of hydrogen-bond acceptors (Lipinski definition) is 3. The van der Waals surface area contributed by atoms with Crippen LogP contribution in [0.1, 0.15) is 32.6 Å². The third kappa shape index (κ3) is 2.55. The van der Waals surface area contributed by atoms with Crippen LogP contribution in [0.3, 0.4) is 0 Å². The Labute approximate surface area is 97.4 Å². The summed E-state index contributed by atoms with van der Waals surface area (Å²) in [7, 11) is 0. The monoisotopic (exact) mass is 236 g/mol. The second-order valence-electron chi connectivity index (χ2n) is 3.62. The average Bonchev–Trinajstić information content (AvgIpc) is 2.76. The molecule has 0 N–H and O–H groups in total. The summed E-state index contributed by atoms with van der Waals surface area (Å²) < 4.78 is 0. The van der Waals surface area contributed by atoms with E-state index in [0.29, 0.717) is 0 Å². The Morgan fingerprint density at radius 2 is 1.87 bits per heavy atom. The maximum Gasteiger partial charge on any atom is 0.169 e. The molecule has 1 nitrogen and oxygen atoms in total. The quantitative estimate of drug-likeness (QED) is 0.738. The van der Waals surface area contributed by atoms with E-state index < -0.39 is 0 Å². The summed E-state index contributed by atoms with van der Waals surface area (Å²) in [5, 5.41) is 4.25. The molecular weight excluding hydrogens is 224 g/mol. The van der Waals surface area contributed by atoms with Crippen molar-refractivity contribution in [3.63, 3.8) is 0 Å². The van der Waals surface area contributed by atoms with Crippen LogP contribution < -0.4 is 0 Å². The summed E-state index contributed by atoms with van der Waals surface area (Å²) in [6.45, 7) is 3.73. The molecule has 0 aliphatic carbocycles. The van der Waals surface area contributed by atoms with Gasteiger partial charge in [0.15, 0.2) is 5.78 Å². The number of carbonyl (C=O) groups is 1. The number of carbonyl (C=O) groups excluding carboxylic acids is 1. The van der Waals surface area contributed by atoms with Crippen molar-refractivity contribution in [1.29, 1.82) is 0 Å². The van der Waals surface area contributed by atoms with Crippen LogP contribution >= 0.6 is 22.7 Å². The molecule has 0 aliphatic heterocycles. The number of thiophene rings is 2. The van der Waals surface area contributed by atoms with Gasteiger partial charge in [0.25, 0.3) is 0 Å². The van der Waals surface area contributed by atoms with Crippen molar-refractivity contribution >= 4 is 28.5 Å². The molecule has 15 heavy (non-hydrogen) atoms. The lowest BCUT2D eigenvalue weighted by atomic mass is 10.1. The van der Waals surface area contributed by atoms with Crippen LogP contribution in [0.2, 0.25) is 0 Å². The summed E-state index contributed by atoms with van der Waals surface area (Å²) in [6, 6.07) is 4.20. The molecule has 0 spiro atoms. The molecule has 2 heterocycles. The Balaban J connectivity index is 2.14. The molecule has 0 radical (unpaired) electrons. The summed E-state index contributed by atoms with van der Waals surface area (Å²) in [5.41, 5.74) is 2.58. The van der Waals surface area contributed by atoms with E-state index in [4.69, 9.17) is 0 Å². The second kappa shape index (κ2) is 4.29. The molecule has 0 aromatic carbocycles. The average molecular weight is 236 g/mol.